The number of nitrogens with two attached hydrogens (primary N) is 2. The number of anilines is 1. The Morgan fingerprint density at radius 1 is 1.07 bits per heavy atom. The van der Waals surface area contributed by atoms with Gasteiger partial charge in [-0.05, 0) is 66.2 Å². The minimum Gasteiger partial charge on any atom is -0.489 e. The first-order valence-corrected chi connectivity index (χ1v) is 14.6. The Morgan fingerprint density at radius 2 is 1.75 bits per heavy atom. The molecule has 0 spiro atoms. The zero-order valence-electron chi connectivity index (χ0n) is 25.7. The third kappa shape index (κ3) is 11.3. The normalized spacial score (nSPS) is 14.7. The number of aliphatic hydroxyl groups excluding tert-OH is 1. The van der Waals surface area contributed by atoms with Gasteiger partial charge in [-0.1, -0.05) is 85.2 Å². The van der Waals surface area contributed by atoms with Gasteiger partial charge in [0.1, 0.15) is 12.4 Å². The topological polar surface area (TPSA) is 111 Å². The van der Waals surface area contributed by atoms with Gasteiger partial charge in [0.25, 0.3) is 0 Å². The van der Waals surface area contributed by atoms with Gasteiger partial charge in [-0.2, -0.15) is 0 Å². The molecule has 0 fully saturated rings. The second-order valence-corrected chi connectivity index (χ2v) is 12.5. The Bertz CT molecular complexity index is 1040. The molecule has 2 rings (SSSR count). The summed E-state index contributed by atoms with van der Waals surface area (Å²) in [4.78, 5) is 12.4. The van der Waals surface area contributed by atoms with Crippen molar-refractivity contribution in [3.63, 3.8) is 0 Å². The number of halogens is 1. The van der Waals surface area contributed by atoms with Crippen LogP contribution in [0.3, 0.4) is 0 Å². The summed E-state index contributed by atoms with van der Waals surface area (Å²) in [5, 5.41) is 13.8. The lowest BCUT2D eigenvalue weighted by atomic mass is 9.81. The number of aliphatic hydroxyl groups is 1. The molecule has 0 aliphatic carbocycles. The van der Waals surface area contributed by atoms with Crippen molar-refractivity contribution in [2.75, 3.05) is 12.3 Å². The Kier molecular flexibility index (Phi) is 15.1. The lowest BCUT2D eigenvalue weighted by Gasteiger charge is -2.29. The number of ether oxygens (including phenoxy) is 1. The highest BCUT2D eigenvalue weighted by atomic mass is 35.5. The summed E-state index contributed by atoms with van der Waals surface area (Å²) in [6, 6.07) is 13.9. The smallest absolute Gasteiger partial charge is 0.222 e. The molecule has 0 heterocycles. The van der Waals surface area contributed by atoms with Crippen LogP contribution < -0.4 is 21.5 Å². The second kappa shape index (κ2) is 16.9. The maximum atomic E-state index is 12.4. The van der Waals surface area contributed by atoms with Gasteiger partial charge >= 0.3 is 0 Å². The molecule has 1 unspecified atom stereocenters. The van der Waals surface area contributed by atoms with Crippen molar-refractivity contribution in [1.29, 1.82) is 0 Å². The first-order valence-electron chi connectivity index (χ1n) is 14.6. The van der Waals surface area contributed by atoms with Crippen LogP contribution in [0.25, 0.3) is 0 Å². The summed E-state index contributed by atoms with van der Waals surface area (Å²) in [6.07, 6.45) is 3.15. The molecule has 7 heteroatoms. The molecule has 4 atom stereocenters. The molecule has 2 aromatic carbocycles. The maximum Gasteiger partial charge on any atom is 0.222 e. The average Bonchev–Trinajstić information content (AvgIpc) is 2.87. The minimum absolute atomic E-state index is 0. The van der Waals surface area contributed by atoms with E-state index in [0.717, 1.165) is 41.8 Å². The van der Waals surface area contributed by atoms with Crippen LogP contribution in [0.1, 0.15) is 90.8 Å². The molecular weight excluding hydrogens is 522 g/mol. The number of unbranched alkanes of at least 4 members (excludes halogenated alkanes) is 1. The molecular formula is C33H54ClN3O3. The largest absolute Gasteiger partial charge is 0.489 e. The van der Waals surface area contributed by atoms with Crippen LogP contribution in [0.5, 0.6) is 5.75 Å². The molecule has 0 radical (unpaired) electrons. The van der Waals surface area contributed by atoms with E-state index in [9.17, 15) is 9.90 Å². The van der Waals surface area contributed by atoms with Gasteiger partial charge in [0, 0.05) is 29.8 Å². The van der Waals surface area contributed by atoms with Crippen LogP contribution in [-0.2, 0) is 23.2 Å². The molecule has 0 saturated carbocycles. The zero-order chi connectivity index (χ0) is 29.2. The molecule has 0 aliphatic rings. The summed E-state index contributed by atoms with van der Waals surface area (Å²) in [7, 11) is 0. The predicted octanol–water partition coefficient (Wildman–Crippen LogP) is 6.40. The van der Waals surface area contributed by atoms with Gasteiger partial charge in [-0.3, -0.25) is 4.79 Å². The van der Waals surface area contributed by atoms with Crippen molar-refractivity contribution >= 4 is 24.0 Å². The van der Waals surface area contributed by atoms with Crippen LogP contribution in [0.2, 0.25) is 0 Å². The van der Waals surface area contributed by atoms with Crippen LogP contribution >= 0.6 is 12.4 Å². The van der Waals surface area contributed by atoms with Crippen molar-refractivity contribution in [2.45, 2.75) is 105 Å². The van der Waals surface area contributed by atoms with Crippen LogP contribution in [0, 0.1) is 17.8 Å². The van der Waals surface area contributed by atoms with E-state index in [1.165, 1.54) is 5.56 Å². The molecule has 6 nitrogen and oxygen atoms in total. The van der Waals surface area contributed by atoms with Crippen LogP contribution in [-0.4, -0.2) is 29.7 Å². The molecule has 0 saturated heterocycles. The van der Waals surface area contributed by atoms with Crippen molar-refractivity contribution < 1.29 is 14.6 Å². The fourth-order valence-electron chi connectivity index (χ4n) is 4.86. The molecule has 2 aromatic rings. The fraction of sp³-hybridized carbons (Fsp3) is 0.606. The lowest BCUT2D eigenvalue weighted by Crippen LogP contribution is -2.41. The highest BCUT2D eigenvalue weighted by molar-refractivity contribution is 5.85. The summed E-state index contributed by atoms with van der Waals surface area (Å²) in [6.45, 7) is 16.0. The highest BCUT2D eigenvalue weighted by Crippen LogP contribution is 2.34. The standard InChI is InChI=1S/C33H53N3O3.ClH/c1-8-9-16-36-32(38)23(4)17-30(37)29(35)20-26(22(2)3)18-24-14-15-27(33(5,6)7)31(19-24)39-21-25-12-10-11-13-28(25)34;/h10-15,19,22-23,26,29-30,37H,8-9,16-18,20-21,34-35H2,1-7H3,(H,36,38);1H/t23?,26-,29-,30-;/m0./s1. The third-order valence-corrected chi connectivity index (χ3v) is 7.67. The SMILES string of the molecule is CCCCNC(=O)C(C)C[C@H](O)[C@@H](N)C[C@H](Cc1ccc(C(C)(C)C)c(OCc2ccccc2N)c1)C(C)C.Cl. The molecule has 0 aliphatic heterocycles. The molecule has 40 heavy (non-hydrogen) atoms. The van der Waals surface area contributed by atoms with E-state index < -0.39 is 12.1 Å². The number of nitrogen functional groups attached to an aromatic ring is 1. The summed E-state index contributed by atoms with van der Waals surface area (Å²) in [5.74, 6) is 1.25. The molecule has 0 aromatic heterocycles. The Hall–Kier alpha value is -2.28. The minimum atomic E-state index is -0.725. The number of carbonyl (C=O) groups is 1. The van der Waals surface area contributed by atoms with Crippen molar-refractivity contribution in [1.82, 2.24) is 5.32 Å². The third-order valence-electron chi connectivity index (χ3n) is 7.67. The number of hydrogen-bond donors (Lipinski definition) is 4. The predicted molar refractivity (Wildman–Crippen MR) is 170 cm³/mol. The number of hydrogen-bond acceptors (Lipinski definition) is 5. The number of para-hydroxylation sites is 1. The van der Waals surface area contributed by atoms with E-state index in [2.05, 4.69) is 65.1 Å². The van der Waals surface area contributed by atoms with E-state index in [-0.39, 0.29) is 35.6 Å². The van der Waals surface area contributed by atoms with Gasteiger partial charge < -0.3 is 26.6 Å². The van der Waals surface area contributed by atoms with Crippen molar-refractivity contribution in [3.05, 3.63) is 59.2 Å². The zero-order valence-corrected chi connectivity index (χ0v) is 26.5. The quantitative estimate of drug-likeness (QED) is 0.145. The van der Waals surface area contributed by atoms with Gasteiger partial charge in [-0.25, -0.2) is 0 Å². The first kappa shape index (κ1) is 35.7. The first-order chi connectivity index (χ1) is 18.3. The summed E-state index contributed by atoms with van der Waals surface area (Å²) >= 11 is 0. The van der Waals surface area contributed by atoms with E-state index in [0.29, 0.717) is 31.9 Å². The van der Waals surface area contributed by atoms with Gasteiger partial charge in [0.15, 0.2) is 0 Å². The number of nitrogens with one attached hydrogen (secondary N) is 1. The summed E-state index contributed by atoms with van der Waals surface area (Å²) in [5.41, 5.74) is 16.6. The average molecular weight is 576 g/mol. The Labute approximate surface area is 249 Å². The van der Waals surface area contributed by atoms with E-state index in [4.69, 9.17) is 16.2 Å². The van der Waals surface area contributed by atoms with Gasteiger partial charge in [-0.15, -0.1) is 12.4 Å². The fourth-order valence-corrected chi connectivity index (χ4v) is 4.86. The molecule has 226 valence electrons. The number of carbonyl (C=O) groups excluding carboxylic acids is 1. The van der Waals surface area contributed by atoms with Crippen molar-refractivity contribution in [3.8, 4) is 5.75 Å². The molecule has 0 bridgehead atoms. The highest BCUT2D eigenvalue weighted by Gasteiger charge is 2.27. The molecule has 1 amide bonds. The van der Waals surface area contributed by atoms with E-state index in [1.807, 2.05) is 31.2 Å². The van der Waals surface area contributed by atoms with Crippen LogP contribution in [0.15, 0.2) is 42.5 Å². The molecule has 6 N–H and O–H groups in total. The van der Waals surface area contributed by atoms with Crippen molar-refractivity contribution in [2.24, 2.45) is 23.5 Å². The van der Waals surface area contributed by atoms with E-state index in [1.54, 1.807) is 0 Å². The van der Waals surface area contributed by atoms with Gasteiger partial charge in [0.2, 0.25) is 5.91 Å². The summed E-state index contributed by atoms with van der Waals surface area (Å²) < 4.78 is 6.35. The number of benzene rings is 2. The van der Waals surface area contributed by atoms with Gasteiger partial charge in [0.05, 0.1) is 6.10 Å². The second-order valence-electron chi connectivity index (χ2n) is 12.5. The number of rotatable bonds is 15. The lowest BCUT2D eigenvalue weighted by molar-refractivity contribution is -0.125. The monoisotopic (exact) mass is 575 g/mol. The van der Waals surface area contributed by atoms with Crippen LogP contribution in [0.4, 0.5) is 5.69 Å². The Morgan fingerprint density at radius 3 is 2.35 bits per heavy atom. The maximum absolute atomic E-state index is 12.4. The number of amides is 1. The van der Waals surface area contributed by atoms with E-state index >= 15 is 0 Å². The Balaban J connectivity index is 0.00000800.